The van der Waals surface area contributed by atoms with Gasteiger partial charge in [0.15, 0.2) is 0 Å². The number of primary amides is 1. The third-order valence-electron chi connectivity index (χ3n) is 3.82. The number of carbonyl (C=O) groups is 1. The molecule has 0 spiro atoms. The minimum absolute atomic E-state index is 0.00346. The topological polar surface area (TPSA) is 133 Å². The number of rotatable bonds is 5. The molecule has 0 aliphatic carbocycles. The van der Waals surface area contributed by atoms with E-state index in [1.807, 2.05) is 6.92 Å². The second-order valence-electron chi connectivity index (χ2n) is 6.06. The number of nitrogen functional groups attached to an aromatic ring is 1. The fraction of sp³-hybridized carbons (Fsp3) is 0.389. The van der Waals surface area contributed by atoms with Gasteiger partial charge in [-0.05, 0) is 26.0 Å². The van der Waals surface area contributed by atoms with Crippen LogP contribution in [-0.2, 0) is 17.7 Å². The first-order chi connectivity index (χ1) is 12.2. The van der Waals surface area contributed by atoms with Crippen LogP contribution in [0, 0.1) is 11.8 Å². The Bertz CT molecular complexity index is 967. The molecule has 0 aliphatic rings. The van der Waals surface area contributed by atoms with Crippen LogP contribution >= 0.6 is 0 Å². The van der Waals surface area contributed by atoms with Crippen LogP contribution in [0.2, 0.25) is 0 Å². The predicted octanol–water partition coefficient (Wildman–Crippen LogP) is 0.0408. The molecule has 0 fully saturated rings. The SMILES string of the molecule is CCn1c(N)c(C(N)=O)c(=O)c2ccc(CC#CC(C)(O)COC)nc21. The zero-order valence-electron chi connectivity index (χ0n) is 15.0. The Balaban J connectivity index is 2.52. The number of methoxy groups -OCH3 is 1. The number of aliphatic hydroxyl groups is 1. The third-order valence-corrected chi connectivity index (χ3v) is 3.82. The minimum Gasteiger partial charge on any atom is -0.384 e. The minimum atomic E-state index is -1.25. The van der Waals surface area contributed by atoms with Crippen molar-refractivity contribution in [3.05, 3.63) is 33.6 Å². The summed E-state index contributed by atoms with van der Waals surface area (Å²) in [4.78, 5) is 28.5. The molecule has 1 amide bonds. The first-order valence-electron chi connectivity index (χ1n) is 8.05. The molecule has 2 aromatic rings. The molecular weight excluding hydrogens is 336 g/mol. The monoisotopic (exact) mass is 358 g/mol. The maximum atomic E-state index is 12.5. The van der Waals surface area contributed by atoms with Crippen LogP contribution < -0.4 is 16.9 Å². The lowest BCUT2D eigenvalue weighted by atomic mass is 10.1. The molecular formula is C18H22N4O4. The van der Waals surface area contributed by atoms with Gasteiger partial charge in [0.05, 0.1) is 24.1 Å². The zero-order chi connectivity index (χ0) is 19.5. The van der Waals surface area contributed by atoms with E-state index in [2.05, 4.69) is 16.8 Å². The average Bonchev–Trinajstić information content (AvgIpc) is 2.54. The lowest BCUT2D eigenvalue weighted by Gasteiger charge is -2.15. The number of amides is 1. The van der Waals surface area contributed by atoms with Crippen LogP contribution in [0.25, 0.3) is 11.0 Å². The van der Waals surface area contributed by atoms with Crippen molar-refractivity contribution in [3.63, 3.8) is 0 Å². The van der Waals surface area contributed by atoms with Gasteiger partial charge in [0.25, 0.3) is 5.91 Å². The van der Waals surface area contributed by atoms with E-state index in [9.17, 15) is 14.7 Å². The van der Waals surface area contributed by atoms with Crippen molar-refractivity contribution < 1.29 is 14.6 Å². The van der Waals surface area contributed by atoms with Crippen molar-refractivity contribution >= 4 is 22.8 Å². The number of anilines is 1. The molecule has 0 aliphatic heterocycles. The average molecular weight is 358 g/mol. The van der Waals surface area contributed by atoms with Crippen molar-refractivity contribution in [2.24, 2.45) is 5.73 Å². The van der Waals surface area contributed by atoms with E-state index in [-0.39, 0.29) is 29.8 Å². The Morgan fingerprint density at radius 2 is 2.15 bits per heavy atom. The molecule has 0 bridgehead atoms. The smallest absolute Gasteiger partial charge is 0.256 e. The molecule has 0 saturated heterocycles. The highest BCUT2D eigenvalue weighted by Crippen LogP contribution is 2.17. The van der Waals surface area contributed by atoms with E-state index in [1.54, 1.807) is 23.6 Å². The molecule has 2 aromatic heterocycles. The van der Waals surface area contributed by atoms with E-state index < -0.39 is 16.9 Å². The summed E-state index contributed by atoms with van der Waals surface area (Å²) >= 11 is 0. The summed E-state index contributed by atoms with van der Waals surface area (Å²) < 4.78 is 6.46. The predicted molar refractivity (Wildman–Crippen MR) is 98.6 cm³/mol. The standard InChI is InChI=1S/C18H22N4O4/c1-4-22-15(19)13(16(20)24)14(23)12-8-7-11(21-17(12)22)6-5-9-18(2,25)10-26-3/h7-8,25H,4,6,10,19H2,1-3H3,(H2,20,24). The van der Waals surface area contributed by atoms with E-state index in [4.69, 9.17) is 16.2 Å². The largest absolute Gasteiger partial charge is 0.384 e. The molecule has 5 N–H and O–H groups in total. The normalized spacial score (nSPS) is 13.1. The van der Waals surface area contributed by atoms with E-state index in [0.29, 0.717) is 17.9 Å². The van der Waals surface area contributed by atoms with Crippen LogP contribution in [0.5, 0.6) is 0 Å². The summed E-state index contributed by atoms with van der Waals surface area (Å²) in [6.45, 7) is 3.87. The van der Waals surface area contributed by atoms with E-state index in [1.165, 1.54) is 7.11 Å². The van der Waals surface area contributed by atoms with Gasteiger partial charge in [-0.15, -0.1) is 0 Å². The van der Waals surface area contributed by atoms with Crippen molar-refractivity contribution in [1.29, 1.82) is 0 Å². The summed E-state index contributed by atoms with van der Waals surface area (Å²) in [6, 6.07) is 3.22. The highest BCUT2D eigenvalue weighted by Gasteiger charge is 2.19. The van der Waals surface area contributed by atoms with Crippen LogP contribution in [0.3, 0.4) is 0 Å². The molecule has 0 saturated carbocycles. The van der Waals surface area contributed by atoms with Gasteiger partial charge in [0, 0.05) is 13.7 Å². The van der Waals surface area contributed by atoms with Gasteiger partial charge < -0.3 is 25.9 Å². The lowest BCUT2D eigenvalue weighted by molar-refractivity contribution is 0.0274. The van der Waals surface area contributed by atoms with Gasteiger partial charge in [-0.25, -0.2) is 4.98 Å². The van der Waals surface area contributed by atoms with E-state index >= 15 is 0 Å². The van der Waals surface area contributed by atoms with Crippen molar-refractivity contribution in [1.82, 2.24) is 9.55 Å². The zero-order valence-corrected chi connectivity index (χ0v) is 15.0. The van der Waals surface area contributed by atoms with Gasteiger partial charge in [0.1, 0.15) is 22.6 Å². The van der Waals surface area contributed by atoms with E-state index in [0.717, 1.165) is 0 Å². The number of nitrogens with zero attached hydrogens (tertiary/aromatic N) is 2. The number of nitrogens with two attached hydrogens (primary N) is 2. The fourth-order valence-electron chi connectivity index (χ4n) is 2.67. The second-order valence-corrected chi connectivity index (χ2v) is 6.06. The molecule has 0 radical (unpaired) electrons. The van der Waals surface area contributed by atoms with Crippen LogP contribution in [-0.4, -0.2) is 39.9 Å². The highest BCUT2D eigenvalue weighted by atomic mass is 16.5. The summed E-state index contributed by atoms with van der Waals surface area (Å²) in [6.07, 6.45) is 0.269. The molecule has 8 heteroatoms. The van der Waals surface area contributed by atoms with Crippen LogP contribution in [0.1, 0.15) is 29.9 Å². The summed E-state index contributed by atoms with van der Waals surface area (Å²) in [5, 5.41) is 10.2. The quantitative estimate of drug-likeness (QED) is 0.646. The van der Waals surface area contributed by atoms with Gasteiger partial charge in [-0.3, -0.25) is 9.59 Å². The summed E-state index contributed by atoms with van der Waals surface area (Å²) in [7, 11) is 1.48. The lowest BCUT2D eigenvalue weighted by Crippen LogP contribution is -2.28. The number of hydrogen-bond donors (Lipinski definition) is 3. The maximum Gasteiger partial charge on any atom is 0.256 e. The molecule has 2 rings (SSSR count). The Morgan fingerprint density at radius 3 is 2.73 bits per heavy atom. The summed E-state index contributed by atoms with van der Waals surface area (Å²) in [5.74, 6) is 4.70. The van der Waals surface area contributed by atoms with Gasteiger partial charge in [-0.2, -0.15) is 0 Å². The fourth-order valence-corrected chi connectivity index (χ4v) is 2.67. The van der Waals surface area contributed by atoms with Gasteiger partial charge >= 0.3 is 0 Å². The Hall–Kier alpha value is -2.89. The number of carbonyl (C=O) groups excluding carboxylic acids is 1. The van der Waals surface area contributed by atoms with Crippen LogP contribution in [0.15, 0.2) is 16.9 Å². The van der Waals surface area contributed by atoms with Gasteiger partial charge in [0.2, 0.25) is 5.43 Å². The molecule has 138 valence electrons. The number of fused-ring (bicyclic) bond motifs is 1. The van der Waals surface area contributed by atoms with Crippen LogP contribution in [0.4, 0.5) is 5.82 Å². The Labute approximate surface area is 150 Å². The number of aromatic nitrogens is 2. The summed E-state index contributed by atoms with van der Waals surface area (Å²) in [5.41, 5.74) is 10.2. The number of ether oxygens (including phenoxy) is 1. The molecule has 0 aromatic carbocycles. The molecule has 26 heavy (non-hydrogen) atoms. The second kappa shape index (κ2) is 7.56. The van der Waals surface area contributed by atoms with Crippen molar-refractivity contribution in [2.45, 2.75) is 32.4 Å². The molecule has 1 atom stereocenters. The molecule has 2 heterocycles. The highest BCUT2D eigenvalue weighted by molar-refractivity contribution is 6.00. The number of hydrogen-bond acceptors (Lipinski definition) is 6. The Kier molecular flexibility index (Phi) is 5.65. The molecule has 8 nitrogen and oxygen atoms in total. The van der Waals surface area contributed by atoms with Crippen molar-refractivity contribution in [3.8, 4) is 11.8 Å². The van der Waals surface area contributed by atoms with Crippen molar-refractivity contribution in [2.75, 3.05) is 19.5 Å². The van der Waals surface area contributed by atoms with Gasteiger partial charge in [-0.1, -0.05) is 11.8 Å². The maximum absolute atomic E-state index is 12.5. The molecule has 1 unspecified atom stereocenters. The number of aryl methyl sites for hydroxylation is 1. The number of pyridine rings is 2. The third kappa shape index (κ3) is 3.85. The first kappa shape index (κ1) is 19.4. The first-order valence-corrected chi connectivity index (χ1v) is 8.05. The Morgan fingerprint density at radius 1 is 1.46 bits per heavy atom.